The molecule has 2 heterocycles. The van der Waals surface area contributed by atoms with Crippen LogP contribution in [0.25, 0.3) is 0 Å². The van der Waals surface area contributed by atoms with Gasteiger partial charge in [-0.3, -0.25) is 9.69 Å². The van der Waals surface area contributed by atoms with Crippen LogP contribution in [0.3, 0.4) is 0 Å². The Hall–Kier alpha value is -2.51. The van der Waals surface area contributed by atoms with E-state index < -0.39 is 0 Å². The highest BCUT2D eigenvalue weighted by Crippen LogP contribution is 2.26. The number of carbonyl (C=O) groups excluding carboxylic acids is 1. The normalized spacial score (nSPS) is 15.8. The number of nitrogens with one attached hydrogen (secondary N) is 1. The van der Waals surface area contributed by atoms with E-state index in [1.807, 2.05) is 43.3 Å². The largest absolute Gasteiger partial charge is 0.493 e. The molecule has 1 aromatic carbocycles. The van der Waals surface area contributed by atoms with Gasteiger partial charge in [-0.2, -0.15) is 0 Å². The van der Waals surface area contributed by atoms with Crippen molar-refractivity contribution in [2.75, 3.05) is 46.6 Å². The molecule has 1 N–H and O–H groups in total. The molecule has 1 saturated heterocycles. The third-order valence-corrected chi connectivity index (χ3v) is 4.72. The van der Waals surface area contributed by atoms with Crippen LogP contribution in [0.2, 0.25) is 0 Å². The van der Waals surface area contributed by atoms with Crippen LogP contribution >= 0.6 is 0 Å². The Morgan fingerprint density at radius 1 is 1.18 bits per heavy atom. The van der Waals surface area contributed by atoms with Crippen molar-refractivity contribution in [1.82, 2.24) is 10.2 Å². The highest BCUT2D eigenvalue weighted by Gasteiger charge is 2.25. The number of carbonyl (C=O) groups is 1. The molecule has 1 aliphatic rings. The zero-order valence-corrected chi connectivity index (χ0v) is 16.5. The highest BCUT2D eigenvalue weighted by molar-refractivity contribution is 5.76. The number of hydrogen-bond acceptors (Lipinski definition) is 6. The zero-order valence-electron chi connectivity index (χ0n) is 16.5. The van der Waals surface area contributed by atoms with Crippen molar-refractivity contribution < 1.29 is 23.4 Å². The number of rotatable bonds is 9. The molecular weight excluding hydrogens is 360 g/mol. The summed E-state index contributed by atoms with van der Waals surface area (Å²) in [6.45, 7) is 5.71. The summed E-state index contributed by atoms with van der Waals surface area (Å²) in [6, 6.07) is 11.3. The molecule has 1 fully saturated rings. The minimum Gasteiger partial charge on any atom is -0.493 e. The fraction of sp³-hybridized carbons (Fsp3) is 0.476. The molecular formula is C21H28N2O5. The van der Waals surface area contributed by atoms with Crippen molar-refractivity contribution in [2.45, 2.75) is 19.4 Å². The summed E-state index contributed by atoms with van der Waals surface area (Å²) >= 11 is 0. The summed E-state index contributed by atoms with van der Waals surface area (Å²) in [4.78, 5) is 14.6. The van der Waals surface area contributed by atoms with Gasteiger partial charge in [0.2, 0.25) is 5.91 Å². The van der Waals surface area contributed by atoms with Crippen molar-refractivity contribution >= 4 is 5.91 Å². The molecule has 0 aliphatic carbocycles. The van der Waals surface area contributed by atoms with Crippen molar-refractivity contribution in [3.05, 3.63) is 47.9 Å². The van der Waals surface area contributed by atoms with Gasteiger partial charge in [0, 0.05) is 19.6 Å². The van der Waals surface area contributed by atoms with Crippen LogP contribution in [0.5, 0.6) is 11.5 Å². The van der Waals surface area contributed by atoms with Gasteiger partial charge in [0.15, 0.2) is 11.5 Å². The molecule has 0 radical (unpaired) electrons. The molecule has 152 valence electrons. The summed E-state index contributed by atoms with van der Waals surface area (Å²) in [5.41, 5.74) is 0. The third-order valence-electron chi connectivity index (χ3n) is 4.72. The van der Waals surface area contributed by atoms with Crippen molar-refractivity contribution in [3.8, 4) is 11.5 Å². The van der Waals surface area contributed by atoms with Gasteiger partial charge < -0.3 is 23.9 Å². The van der Waals surface area contributed by atoms with Crippen molar-refractivity contribution in [3.63, 3.8) is 0 Å². The van der Waals surface area contributed by atoms with Crippen molar-refractivity contribution in [1.29, 1.82) is 0 Å². The lowest BCUT2D eigenvalue weighted by Crippen LogP contribution is -2.43. The number of morpholine rings is 1. The maximum atomic E-state index is 12.3. The number of aryl methyl sites for hydroxylation is 1. The molecule has 1 atom stereocenters. The maximum Gasteiger partial charge on any atom is 0.223 e. The minimum atomic E-state index is -0.0589. The fourth-order valence-corrected chi connectivity index (χ4v) is 3.22. The Labute approximate surface area is 165 Å². The molecule has 1 amide bonds. The monoisotopic (exact) mass is 388 g/mol. The summed E-state index contributed by atoms with van der Waals surface area (Å²) < 4.78 is 22.2. The first-order chi connectivity index (χ1) is 13.7. The van der Waals surface area contributed by atoms with E-state index in [0.717, 1.165) is 24.6 Å². The van der Waals surface area contributed by atoms with E-state index in [2.05, 4.69) is 10.2 Å². The zero-order chi connectivity index (χ0) is 19.8. The molecule has 28 heavy (non-hydrogen) atoms. The highest BCUT2D eigenvalue weighted by atomic mass is 16.5. The standard InChI is InChI=1S/C21H28N2O5/c1-16-7-8-18(28-16)17(23-10-13-26-14-11-23)15-22-21(24)9-12-27-20-6-4-3-5-19(20)25-2/h3-8,17H,9-15H2,1-2H3,(H,22,24). The molecule has 1 aliphatic heterocycles. The average molecular weight is 388 g/mol. The van der Waals surface area contributed by atoms with Gasteiger partial charge in [-0.25, -0.2) is 0 Å². The first kappa shape index (κ1) is 20.2. The number of amides is 1. The number of hydrogen-bond donors (Lipinski definition) is 1. The van der Waals surface area contributed by atoms with E-state index in [4.69, 9.17) is 18.6 Å². The van der Waals surface area contributed by atoms with Gasteiger partial charge in [-0.1, -0.05) is 12.1 Å². The summed E-state index contributed by atoms with van der Waals surface area (Å²) in [5.74, 6) is 2.96. The van der Waals surface area contributed by atoms with E-state index in [0.29, 0.717) is 31.3 Å². The Balaban J connectivity index is 1.50. The molecule has 1 unspecified atom stereocenters. The molecule has 0 spiro atoms. The Morgan fingerprint density at radius 3 is 2.61 bits per heavy atom. The van der Waals surface area contributed by atoms with Crippen LogP contribution in [0, 0.1) is 6.92 Å². The quantitative estimate of drug-likeness (QED) is 0.712. The van der Waals surface area contributed by atoms with Crippen LogP contribution < -0.4 is 14.8 Å². The predicted molar refractivity (Wildman–Crippen MR) is 105 cm³/mol. The first-order valence-corrected chi connectivity index (χ1v) is 9.58. The van der Waals surface area contributed by atoms with E-state index in [-0.39, 0.29) is 25.0 Å². The Morgan fingerprint density at radius 2 is 1.93 bits per heavy atom. The van der Waals surface area contributed by atoms with Gasteiger partial charge in [0.05, 0.1) is 39.4 Å². The molecule has 1 aromatic heterocycles. The molecule has 7 heteroatoms. The van der Waals surface area contributed by atoms with Crippen molar-refractivity contribution in [2.24, 2.45) is 0 Å². The second kappa shape index (κ2) is 10.1. The fourth-order valence-electron chi connectivity index (χ4n) is 3.22. The molecule has 3 rings (SSSR count). The third kappa shape index (κ3) is 5.50. The molecule has 7 nitrogen and oxygen atoms in total. The smallest absolute Gasteiger partial charge is 0.223 e. The van der Waals surface area contributed by atoms with Crippen LogP contribution in [0.15, 0.2) is 40.8 Å². The lowest BCUT2D eigenvalue weighted by atomic mass is 10.1. The van der Waals surface area contributed by atoms with E-state index in [1.165, 1.54) is 0 Å². The maximum absolute atomic E-state index is 12.3. The van der Waals surface area contributed by atoms with Crippen LogP contribution in [-0.4, -0.2) is 57.4 Å². The number of benzene rings is 1. The number of ether oxygens (including phenoxy) is 3. The van der Waals surface area contributed by atoms with Crippen LogP contribution in [-0.2, 0) is 9.53 Å². The number of furan rings is 1. The number of para-hydroxylation sites is 2. The average Bonchev–Trinajstić information content (AvgIpc) is 3.15. The van der Waals surface area contributed by atoms with Crippen LogP contribution in [0.1, 0.15) is 24.0 Å². The van der Waals surface area contributed by atoms with Gasteiger partial charge in [0.1, 0.15) is 11.5 Å². The lowest BCUT2D eigenvalue weighted by Gasteiger charge is -2.33. The lowest BCUT2D eigenvalue weighted by molar-refractivity contribution is -0.122. The topological polar surface area (TPSA) is 73.2 Å². The van der Waals surface area contributed by atoms with Gasteiger partial charge in [-0.15, -0.1) is 0 Å². The number of methoxy groups -OCH3 is 1. The van der Waals surface area contributed by atoms with Gasteiger partial charge >= 0.3 is 0 Å². The second-order valence-electron chi connectivity index (χ2n) is 6.67. The predicted octanol–water partition coefficient (Wildman–Crippen LogP) is 2.56. The summed E-state index contributed by atoms with van der Waals surface area (Å²) in [7, 11) is 1.59. The number of nitrogens with zero attached hydrogens (tertiary/aromatic N) is 1. The van der Waals surface area contributed by atoms with Gasteiger partial charge in [0.25, 0.3) is 0 Å². The minimum absolute atomic E-state index is 0.00307. The molecule has 0 saturated carbocycles. The van der Waals surface area contributed by atoms with Gasteiger partial charge in [-0.05, 0) is 31.2 Å². The van der Waals surface area contributed by atoms with E-state index in [9.17, 15) is 4.79 Å². The molecule has 2 aromatic rings. The SMILES string of the molecule is COc1ccccc1OCCC(=O)NCC(c1ccc(C)o1)N1CCOCC1. The summed E-state index contributed by atoms with van der Waals surface area (Å²) in [6.07, 6.45) is 0.269. The first-order valence-electron chi connectivity index (χ1n) is 9.58. The second-order valence-corrected chi connectivity index (χ2v) is 6.67. The Kier molecular flexibility index (Phi) is 7.33. The Bertz CT molecular complexity index is 755. The van der Waals surface area contributed by atoms with E-state index in [1.54, 1.807) is 7.11 Å². The van der Waals surface area contributed by atoms with E-state index >= 15 is 0 Å². The molecule has 0 bridgehead atoms. The van der Waals surface area contributed by atoms with Crippen LogP contribution in [0.4, 0.5) is 0 Å². The summed E-state index contributed by atoms with van der Waals surface area (Å²) in [5, 5.41) is 3.01.